The van der Waals surface area contributed by atoms with Crippen LogP contribution in [0.5, 0.6) is 5.75 Å². The van der Waals surface area contributed by atoms with Crippen LogP contribution in [0.2, 0.25) is 0 Å². The van der Waals surface area contributed by atoms with Gasteiger partial charge in [-0.1, -0.05) is 0 Å². The van der Waals surface area contributed by atoms with E-state index in [1.54, 1.807) is 6.07 Å². The summed E-state index contributed by atoms with van der Waals surface area (Å²) in [5.41, 5.74) is 3.21. The third kappa shape index (κ3) is 8.20. The number of piperidine rings is 2. The number of carbonyl (C=O) groups is 3. The van der Waals surface area contributed by atoms with Crippen LogP contribution < -0.4 is 25.7 Å². The fourth-order valence-corrected chi connectivity index (χ4v) is 5.43. The second-order valence-corrected chi connectivity index (χ2v) is 11.8. The van der Waals surface area contributed by atoms with E-state index in [0.29, 0.717) is 42.6 Å². The number of hydrazine groups is 1. The lowest BCUT2D eigenvalue weighted by Gasteiger charge is -2.38. The second-order valence-electron chi connectivity index (χ2n) is 11.8. The number of piperazine rings is 1. The molecule has 0 aromatic heterocycles. The summed E-state index contributed by atoms with van der Waals surface area (Å²) in [6.45, 7) is 11.3. The standard InChI is InChI=1S/C28H43FN6O5/c1-28(2,3)40-27(38)32-35-11-8-19(9-12-35)7-10-33-13-15-34(16-14-33)23-18-24(39-4)22(17-20(23)29)30-21-5-6-25(36)31-26(21)37/h17-19,21,30H,5-16H2,1-4H3,(H,32,38)(H,31,36,37). The molecule has 12 heteroatoms. The average Bonchev–Trinajstić information content (AvgIpc) is 2.89. The molecule has 3 heterocycles. The molecule has 3 aliphatic heterocycles. The van der Waals surface area contributed by atoms with Crippen LogP contribution in [0.1, 0.15) is 52.9 Å². The highest BCUT2D eigenvalue weighted by atomic mass is 19.1. The highest BCUT2D eigenvalue weighted by Gasteiger charge is 2.29. The fraction of sp³-hybridized carbons (Fsp3) is 0.679. The zero-order chi connectivity index (χ0) is 28.9. The van der Waals surface area contributed by atoms with E-state index in [9.17, 15) is 14.4 Å². The highest BCUT2D eigenvalue weighted by molar-refractivity contribution is 6.01. The zero-order valence-electron chi connectivity index (χ0n) is 24.1. The molecule has 40 heavy (non-hydrogen) atoms. The van der Waals surface area contributed by atoms with E-state index in [1.807, 2.05) is 30.7 Å². The summed E-state index contributed by atoms with van der Waals surface area (Å²) in [4.78, 5) is 40.0. The molecule has 0 bridgehead atoms. The van der Waals surface area contributed by atoms with E-state index in [4.69, 9.17) is 9.47 Å². The first kappa shape index (κ1) is 29.9. The second kappa shape index (κ2) is 13.0. The van der Waals surface area contributed by atoms with Crippen LogP contribution in [0.4, 0.5) is 20.6 Å². The Morgan fingerprint density at radius 2 is 1.77 bits per heavy atom. The van der Waals surface area contributed by atoms with Crippen molar-refractivity contribution in [3.63, 3.8) is 0 Å². The lowest BCUT2D eigenvalue weighted by atomic mass is 9.94. The number of rotatable bonds is 8. The molecule has 1 aromatic carbocycles. The molecule has 3 aliphatic rings. The molecule has 3 amide bonds. The maximum absolute atomic E-state index is 15.2. The van der Waals surface area contributed by atoms with Gasteiger partial charge in [0.15, 0.2) is 0 Å². The van der Waals surface area contributed by atoms with Gasteiger partial charge in [-0.2, -0.15) is 0 Å². The van der Waals surface area contributed by atoms with Crippen molar-refractivity contribution in [1.29, 1.82) is 0 Å². The van der Waals surface area contributed by atoms with Gasteiger partial charge in [0.25, 0.3) is 0 Å². The van der Waals surface area contributed by atoms with Crippen LogP contribution in [-0.2, 0) is 14.3 Å². The van der Waals surface area contributed by atoms with Gasteiger partial charge in [-0.05, 0) is 58.9 Å². The third-order valence-electron chi connectivity index (χ3n) is 7.67. The molecule has 3 N–H and O–H groups in total. The number of nitrogens with zero attached hydrogens (tertiary/aromatic N) is 3. The zero-order valence-corrected chi connectivity index (χ0v) is 24.1. The predicted molar refractivity (Wildman–Crippen MR) is 150 cm³/mol. The Labute approximate surface area is 235 Å². The molecule has 1 aromatic rings. The normalized spacial score (nSPS) is 21.6. The van der Waals surface area contributed by atoms with E-state index >= 15 is 4.39 Å². The number of hydrogen-bond acceptors (Lipinski definition) is 9. The molecule has 222 valence electrons. The van der Waals surface area contributed by atoms with Gasteiger partial charge >= 0.3 is 6.09 Å². The molecule has 0 radical (unpaired) electrons. The molecular formula is C28H43FN6O5. The van der Waals surface area contributed by atoms with Crippen molar-refractivity contribution in [2.45, 2.75) is 64.5 Å². The lowest BCUT2D eigenvalue weighted by molar-refractivity contribution is -0.133. The van der Waals surface area contributed by atoms with Crippen molar-refractivity contribution in [3.05, 3.63) is 17.9 Å². The maximum atomic E-state index is 15.2. The number of benzene rings is 1. The quantitative estimate of drug-likeness (QED) is 0.412. The number of nitrogens with one attached hydrogen (secondary N) is 3. The van der Waals surface area contributed by atoms with Crippen molar-refractivity contribution < 1.29 is 28.2 Å². The SMILES string of the molecule is COc1cc(N2CCN(CCC3CCN(NC(=O)OC(C)(C)C)CC3)CC2)c(F)cc1NC1CCC(=O)NC1=O. The Balaban J connectivity index is 1.21. The van der Waals surface area contributed by atoms with Crippen LogP contribution in [0.15, 0.2) is 12.1 Å². The first-order valence-corrected chi connectivity index (χ1v) is 14.2. The first-order valence-electron chi connectivity index (χ1n) is 14.2. The van der Waals surface area contributed by atoms with Crippen molar-refractivity contribution in [2.24, 2.45) is 5.92 Å². The molecule has 3 fully saturated rings. The van der Waals surface area contributed by atoms with Gasteiger partial charge in [0.05, 0.1) is 18.5 Å². The smallest absolute Gasteiger partial charge is 0.422 e. The summed E-state index contributed by atoms with van der Waals surface area (Å²) in [6, 6.07) is 2.43. The Hall–Kier alpha value is -3.12. The van der Waals surface area contributed by atoms with Crippen LogP contribution in [0.25, 0.3) is 0 Å². The third-order valence-corrected chi connectivity index (χ3v) is 7.67. The molecule has 1 unspecified atom stereocenters. The van der Waals surface area contributed by atoms with Crippen LogP contribution >= 0.6 is 0 Å². The Morgan fingerprint density at radius 1 is 1.07 bits per heavy atom. The number of methoxy groups -OCH3 is 1. The molecule has 0 aliphatic carbocycles. The van der Waals surface area contributed by atoms with E-state index < -0.39 is 23.6 Å². The van der Waals surface area contributed by atoms with Gasteiger partial charge in [-0.25, -0.2) is 14.2 Å². The van der Waals surface area contributed by atoms with Gasteiger partial charge in [0.1, 0.15) is 23.2 Å². The predicted octanol–water partition coefficient (Wildman–Crippen LogP) is 2.72. The summed E-state index contributed by atoms with van der Waals surface area (Å²) >= 11 is 0. The van der Waals surface area contributed by atoms with Crippen molar-refractivity contribution in [3.8, 4) is 5.75 Å². The summed E-state index contributed by atoms with van der Waals surface area (Å²) in [5, 5.41) is 7.28. The Morgan fingerprint density at radius 3 is 2.40 bits per heavy atom. The summed E-state index contributed by atoms with van der Waals surface area (Å²) in [6.07, 6.45) is 3.34. The molecule has 1 atom stereocenters. The van der Waals surface area contributed by atoms with Crippen molar-refractivity contribution >= 4 is 29.3 Å². The van der Waals surface area contributed by atoms with Crippen LogP contribution in [0.3, 0.4) is 0 Å². The summed E-state index contributed by atoms with van der Waals surface area (Å²) in [7, 11) is 1.52. The van der Waals surface area contributed by atoms with Crippen molar-refractivity contribution in [1.82, 2.24) is 20.7 Å². The number of halogens is 1. The minimum atomic E-state index is -0.617. The minimum Gasteiger partial charge on any atom is -0.495 e. The van der Waals surface area contributed by atoms with Gasteiger partial charge in [-0.15, -0.1) is 0 Å². The number of amides is 3. The topological polar surface area (TPSA) is 115 Å². The highest BCUT2D eigenvalue weighted by Crippen LogP contribution is 2.34. The lowest BCUT2D eigenvalue weighted by Crippen LogP contribution is -2.49. The first-order chi connectivity index (χ1) is 19.0. The number of hydrogen-bond donors (Lipinski definition) is 3. The number of carbonyl (C=O) groups excluding carboxylic acids is 3. The average molecular weight is 563 g/mol. The number of anilines is 2. The van der Waals surface area contributed by atoms with Crippen LogP contribution in [-0.4, -0.2) is 92.4 Å². The van der Waals surface area contributed by atoms with Gasteiger partial charge in [0.2, 0.25) is 11.8 Å². The van der Waals surface area contributed by atoms with Crippen LogP contribution in [0, 0.1) is 11.7 Å². The Bertz CT molecular complexity index is 1060. The summed E-state index contributed by atoms with van der Waals surface area (Å²) in [5.74, 6) is -0.0248. The Kier molecular flexibility index (Phi) is 9.72. The fourth-order valence-electron chi connectivity index (χ4n) is 5.43. The van der Waals surface area contributed by atoms with Gasteiger partial charge in [-0.3, -0.25) is 25.2 Å². The minimum absolute atomic E-state index is 0.237. The largest absolute Gasteiger partial charge is 0.495 e. The number of ether oxygens (including phenoxy) is 2. The molecule has 0 spiro atoms. The summed E-state index contributed by atoms with van der Waals surface area (Å²) < 4.78 is 26.0. The van der Waals surface area contributed by atoms with E-state index in [0.717, 1.165) is 52.0 Å². The van der Waals surface area contributed by atoms with E-state index in [-0.39, 0.29) is 18.1 Å². The molecule has 0 saturated carbocycles. The van der Waals surface area contributed by atoms with Gasteiger partial charge < -0.3 is 19.7 Å². The monoisotopic (exact) mass is 562 g/mol. The van der Waals surface area contributed by atoms with E-state index in [2.05, 4.69) is 21.0 Å². The number of imide groups is 1. The molecule has 4 rings (SSSR count). The van der Waals surface area contributed by atoms with E-state index in [1.165, 1.54) is 13.2 Å². The van der Waals surface area contributed by atoms with Crippen molar-refractivity contribution in [2.75, 3.05) is 63.1 Å². The van der Waals surface area contributed by atoms with Gasteiger partial charge in [0, 0.05) is 57.8 Å². The molecule has 11 nitrogen and oxygen atoms in total. The molecular weight excluding hydrogens is 519 g/mol. The maximum Gasteiger partial charge on any atom is 0.422 e. The molecule has 3 saturated heterocycles.